The van der Waals surface area contributed by atoms with Gasteiger partial charge in [0.15, 0.2) is 0 Å². The maximum Gasteiger partial charge on any atom is 0.267 e. The molecule has 1 aliphatic carbocycles. The first-order valence-corrected chi connectivity index (χ1v) is 8.99. The highest BCUT2D eigenvalue weighted by atomic mass is 16.5. The Bertz CT molecular complexity index is 931. The number of ether oxygens (including phenoxy) is 1. The molecule has 2 unspecified atom stereocenters. The van der Waals surface area contributed by atoms with E-state index in [9.17, 15) is 10.1 Å². The third-order valence-corrected chi connectivity index (χ3v) is 5.07. The van der Waals surface area contributed by atoms with E-state index in [1.807, 2.05) is 13.0 Å². The second kappa shape index (κ2) is 6.89. The highest BCUT2D eigenvalue weighted by Crippen LogP contribution is 2.27. The molecule has 0 bridgehead atoms. The largest absolute Gasteiger partial charge is 0.377 e. The van der Waals surface area contributed by atoms with Gasteiger partial charge in [-0.3, -0.25) is 4.79 Å². The number of pyridine rings is 1. The molecule has 0 saturated carbocycles. The van der Waals surface area contributed by atoms with Gasteiger partial charge in [-0.1, -0.05) is 0 Å². The summed E-state index contributed by atoms with van der Waals surface area (Å²) in [5, 5.41) is 17.2. The fraction of sp³-hybridized carbons (Fsp3) is 0.474. The summed E-state index contributed by atoms with van der Waals surface area (Å²) < 4.78 is 7.08. The van der Waals surface area contributed by atoms with Crippen molar-refractivity contribution in [2.45, 2.75) is 44.7 Å². The first-order chi connectivity index (χ1) is 12.7. The molecule has 0 amide bonds. The van der Waals surface area contributed by atoms with Gasteiger partial charge in [0.25, 0.3) is 5.56 Å². The van der Waals surface area contributed by atoms with Crippen molar-refractivity contribution in [3.63, 3.8) is 0 Å². The Morgan fingerprint density at radius 2 is 2.15 bits per heavy atom. The van der Waals surface area contributed by atoms with Gasteiger partial charge >= 0.3 is 0 Å². The van der Waals surface area contributed by atoms with Gasteiger partial charge in [0.05, 0.1) is 30.5 Å². The van der Waals surface area contributed by atoms with E-state index in [1.54, 1.807) is 6.07 Å². The number of anilines is 1. The van der Waals surface area contributed by atoms with Crippen molar-refractivity contribution in [3.05, 3.63) is 51.1 Å². The molecule has 1 aliphatic heterocycles. The third-order valence-electron chi connectivity index (χ3n) is 5.07. The lowest BCUT2D eigenvalue weighted by Crippen LogP contribution is -2.37. The van der Waals surface area contributed by atoms with E-state index in [1.165, 1.54) is 16.3 Å². The zero-order chi connectivity index (χ0) is 18.1. The number of hydrogen-bond donors (Lipinski definition) is 1. The van der Waals surface area contributed by atoms with Crippen LogP contribution in [0.15, 0.2) is 23.0 Å². The Morgan fingerprint density at radius 3 is 3.00 bits per heavy atom. The molecule has 1 fully saturated rings. The van der Waals surface area contributed by atoms with E-state index in [2.05, 4.69) is 16.5 Å². The minimum absolute atomic E-state index is 0.156. The Hall–Kier alpha value is -2.72. The van der Waals surface area contributed by atoms with Gasteiger partial charge in [-0.25, -0.2) is 9.67 Å². The van der Waals surface area contributed by atoms with Crippen LogP contribution in [0.4, 0.5) is 5.82 Å². The molecule has 0 spiro atoms. The lowest BCUT2D eigenvalue weighted by atomic mass is 9.95. The number of nitrogens with one attached hydrogen (secondary N) is 1. The highest BCUT2D eigenvalue weighted by Gasteiger charge is 2.32. The van der Waals surface area contributed by atoms with Crippen LogP contribution in [-0.4, -0.2) is 34.0 Å². The summed E-state index contributed by atoms with van der Waals surface area (Å²) in [6, 6.07) is 7.03. The first-order valence-electron chi connectivity index (χ1n) is 8.99. The van der Waals surface area contributed by atoms with Crippen LogP contribution in [0.25, 0.3) is 0 Å². The predicted octanol–water partition coefficient (Wildman–Crippen LogP) is 1.75. The molecule has 26 heavy (non-hydrogen) atoms. The summed E-state index contributed by atoms with van der Waals surface area (Å²) in [4.78, 5) is 16.9. The maximum atomic E-state index is 12.2. The Balaban J connectivity index is 1.65. The molecule has 1 N–H and O–H groups in total. The average molecular weight is 351 g/mol. The van der Waals surface area contributed by atoms with Crippen molar-refractivity contribution < 1.29 is 4.74 Å². The predicted molar refractivity (Wildman–Crippen MR) is 96.1 cm³/mol. The van der Waals surface area contributed by atoms with Gasteiger partial charge in [-0.15, -0.1) is 0 Å². The molecular weight excluding hydrogens is 330 g/mol. The molecule has 2 aromatic rings. The summed E-state index contributed by atoms with van der Waals surface area (Å²) in [5.41, 5.74) is 3.41. The number of nitriles is 1. The second-order valence-electron chi connectivity index (χ2n) is 6.92. The van der Waals surface area contributed by atoms with Crippen LogP contribution in [0.3, 0.4) is 0 Å². The molecule has 2 atom stereocenters. The van der Waals surface area contributed by atoms with Gasteiger partial charge in [0, 0.05) is 11.8 Å². The summed E-state index contributed by atoms with van der Waals surface area (Å²) >= 11 is 0. The van der Waals surface area contributed by atoms with Gasteiger partial charge in [-0.2, -0.15) is 10.4 Å². The van der Waals surface area contributed by atoms with Crippen LogP contribution in [0.1, 0.15) is 41.4 Å². The first kappa shape index (κ1) is 16.7. The Morgan fingerprint density at radius 1 is 1.31 bits per heavy atom. The van der Waals surface area contributed by atoms with Crippen molar-refractivity contribution in [1.82, 2.24) is 14.8 Å². The molecule has 0 radical (unpaired) electrons. The molecule has 1 saturated heterocycles. The molecule has 7 heteroatoms. The zero-order valence-electron chi connectivity index (χ0n) is 14.7. The summed E-state index contributed by atoms with van der Waals surface area (Å²) in [5.74, 6) is 0.578. The van der Waals surface area contributed by atoms with Crippen LogP contribution in [-0.2, 0) is 17.6 Å². The van der Waals surface area contributed by atoms with Crippen molar-refractivity contribution in [3.8, 4) is 6.07 Å². The molecule has 4 rings (SSSR count). The van der Waals surface area contributed by atoms with Crippen molar-refractivity contribution in [1.29, 1.82) is 5.26 Å². The van der Waals surface area contributed by atoms with E-state index in [-0.39, 0.29) is 17.6 Å². The average Bonchev–Trinajstić information content (AvgIpc) is 3.11. The number of aryl methyl sites for hydroxylation is 3. The van der Waals surface area contributed by atoms with Crippen LogP contribution >= 0.6 is 0 Å². The topological polar surface area (TPSA) is 92.8 Å². The van der Waals surface area contributed by atoms with E-state index < -0.39 is 0 Å². The van der Waals surface area contributed by atoms with E-state index in [4.69, 9.17) is 9.72 Å². The number of nitrogens with zero attached hydrogens (tertiary/aromatic N) is 4. The van der Waals surface area contributed by atoms with E-state index in [0.29, 0.717) is 24.6 Å². The molecule has 2 aromatic heterocycles. The summed E-state index contributed by atoms with van der Waals surface area (Å²) in [6.07, 6.45) is 4.20. The number of hydrogen-bond acceptors (Lipinski definition) is 6. The lowest BCUT2D eigenvalue weighted by molar-refractivity contribution is 0.182. The van der Waals surface area contributed by atoms with E-state index in [0.717, 1.165) is 37.1 Å². The van der Waals surface area contributed by atoms with Crippen molar-refractivity contribution in [2.24, 2.45) is 0 Å². The van der Waals surface area contributed by atoms with Gasteiger partial charge in [0.2, 0.25) is 0 Å². The minimum Gasteiger partial charge on any atom is -0.377 e. The number of fused-ring (bicyclic) bond motifs is 1. The van der Waals surface area contributed by atoms with Gasteiger partial charge in [-0.05, 0) is 50.3 Å². The van der Waals surface area contributed by atoms with Gasteiger partial charge in [0.1, 0.15) is 17.9 Å². The number of aromatic nitrogens is 3. The molecule has 134 valence electrons. The standard InChI is InChI=1S/C19H21N5O2/c1-12-6-7-18(25)24(23-12)17-11-26-10-16(17)22-19-14(9-20)8-13-4-2-3-5-15(13)21-19/h6-8,16-17H,2-5,10-11H2,1H3,(H,21,22). The van der Waals surface area contributed by atoms with Crippen LogP contribution < -0.4 is 10.9 Å². The molecular formula is C19H21N5O2. The fourth-order valence-corrected chi connectivity index (χ4v) is 3.68. The quantitative estimate of drug-likeness (QED) is 0.906. The van der Waals surface area contributed by atoms with Crippen molar-refractivity contribution in [2.75, 3.05) is 18.5 Å². The normalized spacial score (nSPS) is 21.8. The third kappa shape index (κ3) is 3.08. The fourth-order valence-electron chi connectivity index (χ4n) is 3.68. The molecule has 7 nitrogen and oxygen atoms in total. The summed E-state index contributed by atoms with van der Waals surface area (Å²) in [7, 11) is 0. The van der Waals surface area contributed by atoms with Gasteiger partial charge < -0.3 is 10.1 Å². The number of rotatable bonds is 3. The highest BCUT2D eigenvalue weighted by molar-refractivity contribution is 5.55. The molecule has 0 aromatic carbocycles. The maximum absolute atomic E-state index is 12.2. The van der Waals surface area contributed by atoms with Crippen LogP contribution in [0.5, 0.6) is 0 Å². The smallest absolute Gasteiger partial charge is 0.267 e. The molecule has 3 heterocycles. The van der Waals surface area contributed by atoms with Crippen molar-refractivity contribution >= 4 is 5.82 Å². The second-order valence-corrected chi connectivity index (χ2v) is 6.92. The Kier molecular flexibility index (Phi) is 4.43. The minimum atomic E-state index is -0.230. The van der Waals surface area contributed by atoms with Crippen LogP contribution in [0, 0.1) is 18.3 Å². The monoisotopic (exact) mass is 351 g/mol. The Labute approximate surface area is 151 Å². The molecule has 2 aliphatic rings. The summed E-state index contributed by atoms with van der Waals surface area (Å²) in [6.45, 7) is 2.70. The zero-order valence-corrected chi connectivity index (χ0v) is 14.7. The lowest BCUT2D eigenvalue weighted by Gasteiger charge is -2.23. The SMILES string of the molecule is Cc1ccc(=O)n(C2COCC2Nc2nc3c(cc2C#N)CCCC3)n1. The van der Waals surface area contributed by atoms with E-state index >= 15 is 0 Å². The van der Waals surface area contributed by atoms with Crippen LogP contribution in [0.2, 0.25) is 0 Å².